The molecule has 2 bridgehead atoms. The van der Waals surface area contributed by atoms with Crippen molar-refractivity contribution in [2.24, 2.45) is 0 Å². The molecule has 3 aliphatic rings. The summed E-state index contributed by atoms with van der Waals surface area (Å²) < 4.78 is 16.6. The quantitative estimate of drug-likeness (QED) is 0.577. The van der Waals surface area contributed by atoms with Gasteiger partial charge in [-0.1, -0.05) is 0 Å². The van der Waals surface area contributed by atoms with Gasteiger partial charge in [-0.2, -0.15) is 5.06 Å². The number of carbonyl (C=O) groups is 1. The van der Waals surface area contributed by atoms with Gasteiger partial charge in [0.05, 0.1) is 12.1 Å². The third-order valence-corrected chi connectivity index (χ3v) is 5.01. The number of aryl methyl sites for hydroxylation is 1. The summed E-state index contributed by atoms with van der Waals surface area (Å²) >= 11 is 0. The van der Waals surface area contributed by atoms with Crippen LogP contribution in [0.15, 0.2) is 4.42 Å². The number of rotatable bonds is 5. The second-order valence-corrected chi connectivity index (χ2v) is 8.31. The molecular weight excluding hydrogens is 354 g/mol. The smallest absolute Gasteiger partial charge is 0.407 e. The molecule has 10 heteroatoms. The Kier molecular flexibility index (Phi) is 4.83. The molecule has 3 fully saturated rings. The van der Waals surface area contributed by atoms with Gasteiger partial charge >= 0.3 is 6.09 Å². The lowest BCUT2D eigenvalue weighted by Crippen LogP contribution is -2.55. The fraction of sp³-hybridized carbons (Fsp3) is 0.824. The van der Waals surface area contributed by atoms with Crippen molar-refractivity contribution in [2.45, 2.75) is 76.6 Å². The van der Waals surface area contributed by atoms with Crippen molar-refractivity contribution in [2.75, 3.05) is 13.1 Å². The Balaban J connectivity index is 1.25. The molecule has 0 aliphatic carbocycles. The van der Waals surface area contributed by atoms with Gasteiger partial charge < -0.3 is 24.4 Å². The number of ether oxygens (including phenoxy) is 2. The summed E-state index contributed by atoms with van der Waals surface area (Å²) in [4.78, 5) is 13.8. The average Bonchev–Trinajstić information content (AvgIpc) is 3.27. The molecule has 4 rings (SSSR count). The number of amides is 1. The molecule has 0 saturated carbocycles. The normalized spacial score (nSPS) is 32.7. The highest BCUT2D eigenvalue weighted by atomic mass is 16.7. The van der Waals surface area contributed by atoms with Gasteiger partial charge in [-0.25, -0.2) is 4.79 Å². The van der Waals surface area contributed by atoms with Gasteiger partial charge in [-0.05, 0) is 40.0 Å². The summed E-state index contributed by atoms with van der Waals surface area (Å²) in [6.07, 6.45) is 2.23. The summed E-state index contributed by atoms with van der Waals surface area (Å²) in [5.74, 6) is 1.16. The summed E-state index contributed by atoms with van der Waals surface area (Å²) in [6, 6.07) is 0.136. The lowest BCUT2D eigenvalue weighted by Gasteiger charge is -2.42. The van der Waals surface area contributed by atoms with Crippen LogP contribution in [0.25, 0.3) is 0 Å². The molecule has 150 valence electrons. The van der Waals surface area contributed by atoms with Crippen molar-refractivity contribution in [3.8, 4) is 0 Å². The first-order chi connectivity index (χ1) is 12.8. The first-order valence-electron chi connectivity index (χ1n) is 9.49. The highest BCUT2D eigenvalue weighted by molar-refractivity contribution is 5.67. The number of hydroxylamine groups is 2. The van der Waals surface area contributed by atoms with Crippen LogP contribution in [0, 0.1) is 0 Å². The van der Waals surface area contributed by atoms with Crippen LogP contribution in [0.1, 0.15) is 57.9 Å². The van der Waals surface area contributed by atoms with Crippen LogP contribution in [0.4, 0.5) is 4.79 Å². The van der Waals surface area contributed by atoms with E-state index in [1.165, 1.54) is 5.06 Å². The van der Waals surface area contributed by atoms with E-state index >= 15 is 0 Å². The zero-order valence-electron chi connectivity index (χ0n) is 15.9. The molecule has 4 heterocycles. The van der Waals surface area contributed by atoms with Gasteiger partial charge in [0.1, 0.15) is 5.60 Å². The Hall–Kier alpha value is -1.75. The van der Waals surface area contributed by atoms with Crippen LogP contribution in [-0.2, 0) is 15.9 Å². The molecule has 1 aromatic heterocycles. The van der Waals surface area contributed by atoms with E-state index in [1.807, 2.05) is 20.8 Å². The van der Waals surface area contributed by atoms with Crippen LogP contribution in [0.2, 0.25) is 0 Å². The molecule has 0 spiro atoms. The zero-order valence-corrected chi connectivity index (χ0v) is 15.9. The van der Waals surface area contributed by atoms with Crippen LogP contribution >= 0.6 is 0 Å². The molecule has 2 N–H and O–H groups in total. The van der Waals surface area contributed by atoms with E-state index < -0.39 is 11.7 Å². The average molecular weight is 381 g/mol. The number of piperazine rings is 1. The Bertz CT molecular complexity index is 689. The van der Waals surface area contributed by atoms with Crippen LogP contribution in [0.3, 0.4) is 0 Å². The van der Waals surface area contributed by atoms with E-state index in [4.69, 9.17) is 13.9 Å². The minimum atomic E-state index is -0.504. The fourth-order valence-corrected chi connectivity index (χ4v) is 3.73. The molecule has 1 amide bonds. The molecule has 3 unspecified atom stereocenters. The Morgan fingerprint density at radius 1 is 1.33 bits per heavy atom. The van der Waals surface area contributed by atoms with E-state index in [0.717, 1.165) is 19.4 Å². The van der Waals surface area contributed by atoms with Gasteiger partial charge in [0.25, 0.3) is 0 Å². The van der Waals surface area contributed by atoms with Gasteiger partial charge in [0, 0.05) is 19.5 Å². The fourth-order valence-electron chi connectivity index (χ4n) is 3.73. The molecule has 10 nitrogen and oxygen atoms in total. The molecule has 0 aromatic carbocycles. The van der Waals surface area contributed by atoms with Crippen LogP contribution < -0.4 is 5.32 Å². The van der Waals surface area contributed by atoms with E-state index in [0.29, 0.717) is 31.2 Å². The van der Waals surface area contributed by atoms with Gasteiger partial charge in [-0.3, -0.25) is 4.90 Å². The number of aromatic nitrogens is 2. The largest absolute Gasteiger partial charge is 0.444 e. The van der Waals surface area contributed by atoms with E-state index in [9.17, 15) is 10.0 Å². The highest BCUT2D eigenvalue weighted by Gasteiger charge is 2.58. The predicted molar refractivity (Wildman–Crippen MR) is 91.6 cm³/mol. The summed E-state index contributed by atoms with van der Waals surface area (Å²) in [7, 11) is 0. The van der Waals surface area contributed by atoms with Crippen molar-refractivity contribution < 1.29 is 23.9 Å². The SMILES string of the molecule is CC(C)(C)OC(=O)NCCCc1nnc([C@@H]2CC[C@@H]3CN2C2OC2N3O)o1. The molecule has 3 aliphatic heterocycles. The Morgan fingerprint density at radius 3 is 2.93 bits per heavy atom. The maximum Gasteiger partial charge on any atom is 0.407 e. The zero-order chi connectivity index (χ0) is 19.2. The molecule has 5 atom stereocenters. The standard InChI is InChI=1S/C17H27N5O5/c1-17(2,3)27-16(23)18-8-4-5-12-19-20-13(25-12)11-7-6-10-9-21(11)14-15(26-14)22(10)24/h10-11,14-15,24H,4-9H2,1-3H3,(H,18,23)/t10-,11+,14?,15?/m1/s1. The monoisotopic (exact) mass is 381 g/mol. The van der Waals surface area contributed by atoms with E-state index in [-0.39, 0.29) is 24.5 Å². The van der Waals surface area contributed by atoms with Crippen molar-refractivity contribution >= 4 is 6.09 Å². The number of nitrogens with zero attached hydrogens (tertiary/aromatic N) is 4. The van der Waals surface area contributed by atoms with E-state index in [2.05, 4.69) is 20.4 Å². The molecule has 3 saturated heterocycles. The number of epoxide rings is 1. The van der Waals surface area contributed by atoms with Crippen molar-refractivity contribution in [1.82, 2.24) is 25.5 Å². The first kappa shape index (κ1) is 18.6. The lowest BCUT2D eigenvalue weighted by atomic mass is 9.96. The van der Waals surface area contributed by atoms with E-state index in [1.54, 1.807) is 0 Å². The third-order valence-electron chi connectivity index (χ3n) is 5.01. The maximum absolute atomic E-state index is 11.6. The predicted octanol–water partition coefficient (Wildman–Crippen LogP) is 1.42. The first-order valence-corrected chi connectivity index (χ1v) is 9.49. The number of carbonyl (C=O) groups excluding carboxylic acids is 1. The highest BCUT2D eigenvalue weighted by Crippen LogP contribution is 2.45. The van der Waals surface area contributed by atoms with Crippen molar-refractivity contribution in [3.05, 3.63) is 11.8 Å². The third kappa shape index (κ3) is 4.08. The summed E-state index contributed by atoms with van der Waals surface area (Å²) in [6.45, 7) is 6.70. The number of fused-ring (bicyclic) bond motifs is 4. The molecule has 0 radical (unpaired) electrons. The second-order valence-electron chi connectivity index (χ2n) is 8.31. The molecular formula is C17H27N5O5. The van der Waals surface area contributed by atoms with Gasteiger partial charge in [-0.15, -0.1) is 10.2 Å². The molecule has 1 aromatic rings. The lowest BCUT2D eigenvalue weighted by molar-refractivity contribution is -0.187. The molecule has 27 heavy (non-hydrogen) atoms. The summed E-state index contributed by atoms with van der Waals surface area (Å²) in [5, 5.41) is 22.4. The number of nitrogens with one attached hydrogen (secondary N) is 1. The van der Waals surface area contributed by atoms with Crippen molar-refractivity contribution in [1.29, 1.82) is 0 Å². The minimum Gasteiger partial charge on any atom is -0.444 e. The number of hydrogen-bond acceptors (Lipinski definition) is 9. The van der Waals surface area contributed by atoms with Gasteiger partial charge in [0.15, 0.2) is 12.5 Å². The number of hydrogen-bond donors (Lipinski definition) is 2. The number of piperidine rings is 1. The minimum absolute atomic E-state index is 0.0334. The number of alkyl carbamates (subject to hydrolysis) is 1. The van der Waals surface area contributed by atoms with Crippen LogP contribution in [-0.4, -0.2) is 68.6 Å². The Morgan fingerprint density at radius 2 is 2.15 bits per heavy atom. The Labute approximate surface area is 157 Å². The maximum atomic E-state index is 11.6. The van der Waals surface area contributed by atoms with Crippen LogP contribution in [0.5, 0.6) is 0 Å². The topological polar surface area (TPSA) is 116 Å². The van der Waals surface area contributed by atoms with Crippen molar-refractivity contribution in [3.63, 3.8) is 0 Å². The second kappa shape index (κ2) is 7.01. The van der Waals surface area contributed by atoms with Gasteiger partial charge in [0.2, 0.25) is 11.8 Å². The summed E-state index contributed by atoms with van der Waals surface area (Å²) in [5.41, 5.74) is -0.504.